The third kappa shape index (κ3) is 4.45. The summed E-state index contributed by atoms with van der Waals surface area (Å²) in [5.41, 5.74) is 0.985. The Morgan fingerprint density at radius 3 is 2.48 bits per heavy atom. The van der Waals surface area contributed by atoms with Gasteiger partial charge in [0.25, 0.3) is 0 Å². The van der Waals surface area contributed by atoms with E-state index in [-0.39, 0.29) is 23.9 Å². The third-order valence-corrected chi connectivity index (χ3v) is 7.02. The van der Waals surface area contributed by atoms with E-state index in [4.69, 9.17) is 16.3 Å². The van der Waals surface area contributed by atoms with Gasteiger partial charge in [0.2, 0.25) is 5.91 Å². The number of rotatable bonds is 7. The molecule has 0 aliphatic carbocycles. The smallest absolute Gasteiger partial charge is 0.222 e. The lowest BCUT2D eigenvalue weighted by molar-refractivity contribution is -0.134. The fourth-order valence-corrected chi connectivity index (χ4v) is 4.84. The molecule has 2 aromatic rings. The highest BCUT2D eigenvalue weighted by molar-refractivity contribution is 7.92. The largest absolute Gasteiger partial charge is 0.494 e. The molecule has 0 radical (unpaired) electrons. The number of para-hydroxylation sites is 1. The van der Waals surface area contributed by atoms with Gasteiger partial charge in [0.15, 0.2) is 9.84 Å². The van der Waals surface area contributed by atoms with Crippen molar-refractivity contribution in [3.8, 4) is 5.75 Å². The maximum Gasteiger partial charge on any atom is 0.222 e. The van der Waals surface area contributed by atoms with E-state index in [1.807, 2.05) is 31.2 Å². The van der Waals surface area contributed by atoms with Crippen LogP contribution in [0.4, 0.5) is 0 Å². The molecular weight excluding hydrogens is 386 g/mol. The van der Waals surface area contributed by atoms with Crippen LogP contribution in [0.3, 0.4) is 0 Å². The minimum atomic E-state index is -3.44. The second-order valence-corrected chi connectivity index (χ2v) is 9.12. The highest BCUT2D eigenvalue weighted by atomic mass is 35.5. The van der Waals surface area contributed by atoms with E-state index in [1.165, 1.54) is 12.1 Å². The molecule has 1 fully saturated rings. The highest BCUT2D eigenvalue weighted by Gasteiger charge is 2.40. The second-order valence-electron chi connectivity index (χ2n) is 6.46. The first-order valence-electron chi connectivity index (χ1n) is 8.89. The van der Waals surface area contributed by atoms with Gasteiger partial charge >= 0.3 is 0 Å². The van der Waals surface area contributed by atoms with Crippen molar-refractivity contribution in [2.24, 2.45) is 0 Å². The lowest BCUT2D eigenvalue weighted by atomic mass is 10.1. The number of aryl methyl sites for hydroxylation is 1. The number of amides is 1. The Morgan fingerprint density at radius 2 is 1.81 bits per heavy atom. The zero-order valence-electron chi connectivity index (χ0n) is 15.1. The van der Waals surface area contributed by atoms with E-state index in [9.17, 15) is 13.2 Å². The van der Waals surface area contributed by atoms with Crippen molar-refractivity contribution in [3.05, 3.63) is 59.1 Å². The number of hydrogen-bond acceptors (Lipinski definition) is 4. The van der Waals surface area contributed by atoms with Crippen molar-refractivity contribution < 1.29 is 17.9 Å². The van der Waals surface area contributed by atoms with Crippen LogP contribution in [0.25, 0.3) is 0 Å². The molecule has 0 bridgehead atoms. The van der Waals surface area contributed by atoms with E-state index in [1.54, 1.807) is 17.0 Å². The van der Waals surface area contributed by atoms with Crippen LogP contribution in [-0.4, -0.2) is 44.2 Å². The number of likely N-dealkylation sites (tertiary alicyclic amines) is 1. The van der Waals surface area contributed by atoms with E-state index in [0.29, 0.717) is 24.5 Å². The van der Waals surface area contributed by atoms with Crippen molar-refractivity contribution in [1.82, 2.24) is 4.90 Å². The maximum atomic E-state index is 12.6. The molecule has 0 N–H and O–H groups in total. The van der Waals surface area contributed by atoms with Crippen molar-refractivity contribution in [2.45, 2.75) is 29.9 Å². The molecule has 0 unspecified atom stereocenters. The summed E-state index contributed by atoms with van der Waals surface area (Å²) in [7, 11) is -3.44. The molecule has 0 saturated carbocycles. The van der Waals surface area contributed by atoms with Crippen LogP contribution in [0.1, 0.15) is 18.9 Å². The first kappa shape index (κ1) is 19.7. The number of hydrogen-bond donors (Lipinski definition) is 0. The van der Waals surface area contributed by atoms with Crippen LogP contribution in [0, 0.1) is 0 Å². The normalized spacial score (nSPS) is 14.7. The summed E-state index contributed by atoms with van der Waals surface area (Å²) in [5.74, 6) is 0.753. The average molecular weight is 408 g/mol. The van der Waals surface area contributed by atoms with E-state index in [0.717, 1.165) is 11.3 Å². The third-order valence-electron chi connectivity index (χ3n) is 4.66. The highest BCUT2D eigenvalue weighted by Crippen LogP contribution is 2.26. The van der Waals surface area contributed by atoms with Crippen molar-refractivity contribution in [2.75, 3.05) is 19.7 Å². The molecule has 1 aliphatic rings. The molecule has 7 heteroatoms. The first-order chi connectivity index (χ1) is 12.9. The summed E-state index contributed by atoms with van der Waals surface area (Å²) in [6.07, 6.45) is 0.901. The van der Waals surface area contributed by atoms with Gasteiger partial charge in [-0.15, -0.1) is 0 Å². The predicted molar refractivity (Wildman–Crippen MR) is 105 cm³/mol. The van der Waals surface area contributed by atoms with Crippen molar-refractivity contribution in [1.29, 1.82) is 0 Å². The molecule has 27 heavy (non-hydrogen) atoms. The summed E-state index contributed by atoms with van der Waals surface area (Å²) < 4.78 is 30.8. The molecule has 1 aliphatic heterocycles. The molecule has 1 heterocycles. The van der Waals surface area contributed by atoms with Gasteiger partial charge in [0.1, 0.15) is 11.0 Å². The van der Waals surface area contributed by atoms with Crippen molar-refractivity contribution >= 4 is 27.3 Å². The Labute approximate surface area is 164 Å². The standard InChI is InChI=1S/C20H22ClNO4S/c1-2-26-19-6-4-3-5-15(19)7-12-20(23)22-13-18(14-22)27(24,25)17-10-8-16(21)9-11-17/h3-6,8-11,18H,2,7,12-14H2,1H3. The lowest BCUT2D eigenvalue weighted by Gasteiger charge is -2.38. The van der Waals surface area contributed by atoms with Crippen LogP contribution >= 0.6 is 11.6 Å². The van der Waals surface area contributed by atoms with Gasteiger partial charge in [0, 0.05) is 24.5 Å². The van der Waals surface area contributed by atoms with Crippen LogP contribution in [0.2, 0.25) is 5.02 Å². The zero-order chi connectivity index (χ0) is 19.4. The Bertz CT molecular complexity index is 906. The molecular formula is C20H22ClNO4S. The second kappa shape index (κ2) is 8.31. The van der Waals surface area contributed by atoms with Gasteiger partial charge in [-0.1, -0.05) is 29.8 Å². The number of halogens is 1. The topological polar surface area (TPSA) is 63.7 Å². The fraction of sp³-hybridized carbons (Fsp3) is 0.350. The fourth-order valence-electron chi connectivity index (χ4n) is 3.06. The number of nitrogens with zero attached hydrogens (tertiary/aromatic N) is 1. The SMILES string of the molecule is CCOc1ccccc1CCC(=O)N1CC(S(=O)(=O)c2ccc(Cl)cc2)C1. The van der Waals surface area contributed by atoms with Crippen LogP contribution < -0.4 is 4.74 Å². The molecule has 0 aromatic heterocycles. The molecule has 0 atom stereocenters. The van der Waals surface area contributed by atoms with Gasteiger partial charge in [-0.2, -0.15) is 0 Å². The molecule has 1 amide bonds. The van der Waals surface area contributed by atoms with Crippen LogP contribution in [0.5, 0.6) is 5.75 Å². The quantitative estimate of drug-likeness (QED) is 0.706. The number of carbonyl (C=O) groups is 1. The lowest BCUT2D eigenvalue weighted by Crippen LogP contribution is -2.56. The monoisotopic (exact) mass is 407 g/mol. The molecule has 144 valence electrons. The van der Waals surface area contributed by atoms with Crippen LogP contribution in [0.15, 0.2) is 53.4 Å². The Kier molecular flexibility index (Phi) is 6.07. The van der Waals surface area contributed by atoms with E-state index < -0.39 is 15.1 Å². The Morgan fingerprint density at radius 1 is 1.15 bits per heavy atom. The van der Waals surface area contributed by atoms with Gasteiger partial charge in [-0.05, 0) is 49.2 Å². The molecule has 0 spiro atoms. The summed E-state index contributed by atoms with van der Waals surface area (Å²) >= 11 is 5.81. The van der Waals surface area contributed by atoms with E-state index >= 15 is 0 Å². The average Bonchev–Trinajstić information content (AvgIpc) is 2.60. The summed E-state index contributed by atoms with van der Waals surface area (Å²) in [4.78, 5) is 14.2. The minimum Gasteiger partial charge on any atom is -0.494 e. The summed E-state index contributed by atoms with van der Waals surface area (Å²) in [5, 5.41) is -0.0648. The maximum absolute atomic E-state index is 12.6. The van der Waals surface area contributed by atoms with Gasteiger partial charge in [-0.3, -0.25) is 4.79 Å². The number of sulfone groups is 1. The first-order valence-corrected chi connectivity index (χ1v) is 10.8. The summed E-state index contributed by atoms with van der Waals surface area (Å²) in [6.45, 7) is 2.96. The Balaban J connectivity index is 1.55. The summed E-state index contributed by atoms with van der Waals surface area (Å²) in [6, 6.07) is 13.8. The molecule has 2 aromatic carbocycles. The van der Waals surface area contributed by atoms with Gasteiger partial charge in [-0.25, -0.2) is 8.42 Å². The van der Waals surface area contributed by atoms with Gasteiger partial charge < -0.3 is 9.64 Å². The molecule has 5 nitrogen and oxygen atoms in total. The van der Waals surface area contributed by atoms with Crippen LogP contribution in [-0.2, 0) is 21.1 Å². The van der Waals surface area contributed by atoms with E-state index in [2.05, 4.69) is 0 Å². The predicted octanol–water partition coefficient (Wildman–Crippen LogP) is 3.36. The number of ether oxygens (including phenoxy) is 1. The minimum absolute atomic E-state index is 0.0381. The molecule has 3 rings (SSSR count). The molecule has 1 saturated heterocycles. The number of benzene rings is 2. The Hall–Kier alpha value is -2.05. The zero-order valence-corrected chi connectivity index (χ0v) is 16.7. The van der Waals surface area contributed by atoms with Crippen molar-refractivity contribution in [3.63, 3.8) is 0 Å². The number of carbonyl (C=O) groups excluding carboxylic acids is 1. The van der Waals surface area contributed by atoms with Gasteiger partial charge in [0.05, 0.1) is 11.5 Å².